The lowest BCUT2D eigenvalue weighted by atomic mass is 9.80. The summed E-state index contributed by atoms with van der Waals surface area (Å²) in [6.45, 7) is 9.86. The average molecular weight is 713 g/mol. The summed E-state index contributed by atoms with van der Waals surface area (Å²) in [7, 11) is 2.17. The first-order chi connectivity index (χ1) is 23.4. The van der Waals surface area contributed by atoms with Gasteiger partial charge in [-0.15, -0.1) is 11.3 Å². The normalized spacial score (nSPS) is 21.6. The highest BCUT2D eigenvalue weighted by atomic mass is 35.5. The van der Waals surface area contributed by atoms with Crippen LogP contribution in [-0.4, -0.2) is 65.5 Å². The Morgan fingerprint density at radius 1 is 1.18 bits per heavy atom. The molecule has 8 rings (SSSR count). The Morgan fingerprint density at radius 3 is 2.51 bits per heavy atom. The molecule has 2 aromatic carbocycles. The Hall–Kier alpha value is -3.66. The number of anilines is 1. The van der Waals surface area contributed by atoms with Crippen LogP contribution in [0.4, 0.5) is 22.6 Å². The number of fused-ring (bicyclic) bond motifs is 1. The van der Waals surface area contributed by atoms with E-state index >= 15 is 4.39 Å². The number of nitriles is 1. The number of halogens is 5. The molecule has 1 saturated carbocycles. The van der Waals surface area contributed by atoms with E-state index in [9.17, 15) is 18.4 Å². The van der Waals surface area contributed by atoms with Crippen molar-refractivity contribution < 1.29 is 22.3 Å². The summed E-state index contributed by atoms with van der Waals surface area (Å²) in [5, 5.41) is 10.8. The molecule has 2 saturated heterocycles. The van der Waals surface area contributed by atoms with Crippen molar-refractivity contribution in [2.45, 2.75) is 51.4 Å². The minimum Gasteiger partial charge on any atom is -0.464 e. The summed E-state index contributed by atoms with van der Waals surface area (Å²) in [4.78, 5) is 13.4. The highest BCUT2D eigenvalue weighted by Gasteiger charge is 2.60. The molecule has 3 fully saturated rings. The standard InChI is InChI=1S/C31H26ClF4N5OS.C5H11N/c1-3-42-30-39-21-8-14(15-11-41(12-15)13(2)19-9-31(19,35)36)4-5-17-23(21)27(40-30)26(34)24(25(17)32)16-6-7-20(33)28-22(16)18(10-37)29(38)43-28;1-6-4-2-3-5-6/h6-7,14-15,19H,2-5,8-9,11-12,38H2,1H3;2-5H2,1H3. The van der Waals surface area contributed by atoms with Gasteiger partial charge in [-0.1, -0.05) is 24.2 Å². The van der Waals surface area contributed by atoms with E-state index in [-0.39, 0.29) is 73.2 Å². The van der Waals surface area contributed by atoms with Crippen molar-refractivity contribution in [1.29, 1.82) is 5.26 Å². The molecule has 4 heterocycles. The molecule has 0 bridgehead atoms. The molecule has 49 heavy (non-hydrogen) atoms. The lowest BCUT2D eigenvalue weighted by molar-refractivity contribution is 0.0600. The largest absolute Gasteiger partial charge is 0.464 e. The van der Waals surface area contributed by atoms with Gasteiger partial charge in [-0.2, -0.15) is 15.2 Å². The Morgan fingerprint density at radius 2 is 1.90 bits per heavy atom. The zero-order valence-electron chi connectivity index (χ0n) is 27.4. The fourth-order valence-electron chi connectivity index (χ4n) is 7.56. The third kappa shape index (κ3) is 5.97. The van der Waals surface area contributed by atoms with E-state index in [2.05, 4.69) is 28.5 Å². The number of nitrogens with zero attached hydrogens (tertiary/aromatic N) is 5. The van der Waals surface area contributed by atoms with Crippen molar-refractivity contribution >= 4 is 48.9 Å². The number of benzene rings is 2. The van der Waals surface area contributed by atoms with Crippen LogP contribution >= 0.6 is 22.9 Å². The van der Waals surface area contributed by atoms with Crippen molar-refractivity contribution in [3.05, 3.63) is 57.9 Å². The SMILES string of the molecule is C=C(C1CC1(F)F)N1CC(C2CCc3c(Cl)c(-c4ccc(F)c5sc(N)c(C#N)c45)c(F)c4nc(OCC)nc(c34)C2)C1.CN1CCCC1. The number of alkyl halides is 2. The number of aromatic nitrogens is 2. The number of thiophene rings is 1. The van der Waals surface area contributed by atoms with Gasteiger partial charge in [0, 0.05) is 41.5 Å². The molecule has 2 unspecified atom stereocenters. The van der Waals surface area contributed by atoms with Crippen molar-refractivity contribution in [2.75, 3.05) is 45.6 Å². The number of hydrogen-bond acceptors (Lipinski definition) is 8. The summed E-state index contributed by atoms with van der Waals surface area (Å²) in [5.74, 6) is -4.38. The predicted octanol–water partition coefficient (Wildman–Crippen LogP) is 8.21. The molecule has 0 amide bonds. The van der Waals surface area contributed by atoms with Crippen LogP contribution in [0.3, 0.4) is 0 Å². The molecule has 0 radical (unpaired) electrons. The maximum absolute atomic E-state index is 16.7. The van der Waals surface area contributed by atoms with Crippen LogP contribution in [0.2, 0.25) is 5.02 Å². The monoisotopic (exact) mass is 712 g/mol. The second kappa shape index (κ2) is 12.9. The smallest absolute Gasteiger partial charge is 0.317 e. The van der Waals surface area contributed by atoms with Gasteiger partial charge in [-0.05, 0) is 88.2 Å². The molecule has 13 heteroatoms. The minimum atomic E-state index is -2.66. The molecule has 2 aromatic heterocycles. The van der Waals surface area contributed by atoms with Crippen LogP contribution in [0.5, 0.6) is 6.01 Å². The number of ether oxygens (including phenoxy) is 1. The van der Waals surface area contributed by atoms with Gasteiger partial charge < -0.3 is 20.3 Å². The molecule has 2 atom stereocenters. The average Bonchev–Trinajstić information content (AvgIpc) is 3.29. The quantitative estimate of drug-likeness (QED) is 0.202. The van der Waals surface area contributed by atoms with Crippen LogP contribution < -0.4 is 10.5 Å². The topological polar surface area (TPSA) is 91.3 Å². The van der Waals surface area contributed by atoms with E-state index in [0.717, 1.165) is 11.3 Å². The van der Waals surface area contributed by atoms with Gasteiger partial charge in [0.1, 0.15) is 22.4 Å². The highest BCUT2D eigenvalue weighted by molar-refractivity contribution is 7.23. The fourth-order valence-corrected chi connectivity index (χ4v) is 8.88. The molecule has 2 N–H and O–H groups in total. The summed E-state index contributed by atoms with van der Waals surface area (Å²) >= 11 is 7.96. The zero-order chi connectivity index (χ0) is 34.8. The second-order valence-corrected chi connectivity index (χ2v) is 15.0. The summed E-state index contributed by atoms with van der Waals surface area (Å²) in [5.41, 5.74) is 8.21. The van der Waals surface area contributed by atoms with Gasteiger partial charge >= 0.3 is 6.01 Å². The Labute approximate surface area is 291 Å². The molecule has 2 aliphatic heterocycles. The van der Waals surface area contributed by atoms with E-state index in [4.69, 9.17) is 22.1 Å². The maximum atomic E-state index is 16.7. The van der Waals surface area contributed by atoms with Crippen molar-refractivity contribution in [3.63, 3.8) is 0 Å². The summed E-state index contributed by atoms with van der Waals surface area (Å²) in [6.07, 6.45) is 4.40. The summed E-state index contributed by atoms with van der Waals surface area (Å²) < 4.78 is 64.5. The first-order valence-corrected chi connectivity index (χ1v) is 17.9. The van der Waals surface area contributed by atoms with E-state index < -0.39 is 23.5 Å². The molecule has 0 spiro atoms. The molecular formula is C36H37ClF4N6OS. The van der Waals surface area contributed by atoms with Gasteiger partial charge in [0.05, 0.1) is 33.5 Å². The minimum absolute atomic E-state index is 0.0190. The Balaban J connectivity index is 0.000000571. The number of likely N-dealkylation sites (tertiary alicyclic amines) is 2. The lowest BCUT2D eigenvalue weighted by Gasteiger charge is -2.46. The molecule has 258 valence electrons. The van der Waals surface area contributed by atoms with Crippen LogP contribution in [0.15, 0.2) is 24.4 Å². The van der Waals surface area contributed by atoms with Gasteiger partial charge in [0.2, 0.25) is 0 Å². The van der Waals surface area contributed by atoms with Gasteiger partial charge in [0.25, 0.3) is 5.92 Å². The molecule has 4 aliphatic rings. The highest BCUT2D eigenvalue weighted by Crippen LogP contribution is 2.54. The fraction of sp³-hybridized carbons (Fsp3) is 0.472. The van der Waals surface area contributed by atoms with E-state index in [1.54, 1.807) is 6.92 Å². The van der Waals surface area contributed by atoms with E-state index in [0.29, 0.717) is 54.7 Å². The van der Waals surface area contributed by atoms with Crippen LogP contribution in [0, 0.1) is 40.7 Å². The van der Waals surface area contributed by atoms with Crippen molar-refractivity contribution in [2.24, 2.45) is 17.8 Å². The van der Waals surface area contributed by atoms with Crippen molar-refractivity contribution in [3.8, 4) is 23.2 Å². The van der Waals surface area contributed by atoms with Gasteiger partial charge in [-0.25, -0.2) is 17.6 Å². The number of nitrogens with two attached hydrogens (primary N) is 1. The number of rotatable bonds is 6. The van der Waals surface area contributed by atoms with E-state index in [1.807, 2.05) is 11.0 Å². The van der Waals surface area contributed by atoms with Gasteiger partial charge in [-0.3, -0.25) is 0 Å². The number of nitrogen functional groups attached to an aromatic ring is 1. The molecule has 2 aliphatic carbocycles. The third-order valence-corrected chi connectivity index (χ3v) is 11.9. The first kappa shape index (κ1) is 33.8. The molecule has 7 nitrogen and oxygen atoms in total. The van der Waals surface area contributed by atoms with E-state index in [1.165, 1.54) is 38.1 Å². The zero-order valence-corrected chi connectivity index (χ0v) is 29.0. The predicted molar refractivity (Wildman–Crippen MR) is 185 cm³/mol. The van der Waals surface area contributed by atoms with Crippen molar-refractivity contribution in [1.82, 2.24) is 19.8 Å². The first-order valence-electron chi connectivity index (χ1n) is 16.7. The second-order valence-electron chi connectivity index (χ2n) is 13.5. The third-order valence-electron chi connectivity index (χ3n) is 10.4. The Kier molecular flexibility index (Phi) is 8.91. The number of allylic oxidation sites excluding steroid dienone is 1. The van der Waals surface area contributed by atoms with Crippen LogP contribution in [-0.2, 0) is 12.8 Å². The van der Waals surface area contributed by atoms with Crippen LogP contribution in [0.25, 0.3) is 32.1 Å². The summed E-state index contributed by atoms with van der Waals surface area (Å²) in [6, 6.07) is 4.69. The molecular weight excluding hydrogens is 676 g/mol. The number of hydrogen-bond donors (Lipinski definition) is 1. The lowest BCUT2D eigenvalue weighted by Crippen LogP contribution is -2.50. The number of aryl methyl sites for hydroxylation is 1. The van der Waals surface area contributed by atoms with Crippen LogP contribution in [0.1, 0.15) is 49.4 Å². The Bertz CT molecular complexity index is 2020. The maximum Gasteiger partial charge on any atom is 0.317 e. The van der Waals surface area contributed by atoms with Gasteiger partial charge in [0.15, 0.2) is 5.82 Å². The molecule has 4 aromatic rings.